The van der Waals surface area contributed by atoms with E-state index in [0.29, 0.717) is 17.0 Å². The Morgan fingerprint density at radius 1 is 1.04 bits per heavy atom. The van der Waals surface area contributed by atoms with Gasteiger partial charge in [0.2, 0.25) is 0 Å². The van der Waals surface area contributed by atoms with Crippen LogP contribution in [-0.4, -0.2) is 24.6 Å². The Balaban J connectivity index is 1.86. The lowest BCUT2D eigenvalue weighted by Crippen LogP contribution is -2.34. The van der Waals surface area contributed by atoms with Gasteiger partial charge in [-0.1, -0.05) is 48.5 Å². The zero-order chi connectivity index (χ0) is 19.0. The number of imide groups is 1. The van der Waals surface area contributed by atoms with Crippen molar-refractivity contribution in [3.8, 4) is 0 Å². The minimum absolute atomic E-state index is 0.123. The lowest BCUT2D eigenvalue weighted by Gasteiger charge is -2.13. The van der Waals surface area contributed by atoms with E-state index in [1.807, 2.05) is 30.3 Å². The summed E-state index contributed by atoms with van der Waals surface area (Å²) in [5, 5.41) is 0. The quantitative estimate of drug-likeness (QED) is 0.604. The van der Waals surface area contributed by atoms with E-state index in [-0.39, 0.29) is 17.8 Å². The van der Waals surface area contributed by atoms with E-state index in [9.17, 15) is 14.4 Å². The monoisotopic (exact) mass is 361 g/mol. The van der Waals surface area contributed by atoms with Crippen molar-refractivity contribution >= 4 is 35.0 Å². The van der Waals surface area contributed by atoms with Crippen molar-refractivity contribution in [2.75, 3.05) is 11.5 Å². The Labute approximate surface area is 155 Å². The van der Waals surface area contributed by atoms with Gasteiger partial charge in [0, 0.05) is 11.1 Å². The standard InChI is InChI=1S/C21H15NO5/c1-2-26-21(25)22-16-11-7-6-10-14(16)18(19(22)23)15-12-17(27-20(15)24)13-8-4-3-5-9-13/h3-12H,2H2,1H3/b18-15+. The molecule has 0 saturated heterocycles. The molecule has 134 valence electrons. The Hall–Kier alpha value is -3.67. The zero-order valence-electron chi connectivity index (χ0n) is 14.5. The third-order valence-corrected chi connectivity index (χ3v) is 4.31. The fourth-order valence-electron chi connectivity index (χ4n) is 3.14. The van der Waals surface area contributed by atoms with E-state index in [0.717, 1.165) is 10.5 Å². The highest BCUT2D eigenvalue weighted by atomic mass is 16.6. The Bertz CT molecular complexity index is 1020. The molecule has 2 heterocycles. The second-order valence-corrected chi connectivity index (χ2v) is 5.91. The highest BCUT2D eigenvalue weighted by Gasteiger charge is 2.41. The second kappa shape index (κ2) is 6.57. The van der Waals surface area contributed by atoms with E-state index in [1.54, 1.807) is 31.2 Å². The largest absolute Gasteiger partial charge is 0.449 e. The fraction of sp³-hybridized carbons (Fsp3) is 0.0952. The van der Waals surface area contributed by atoms with Gasteiger partial charge in [-0.3, -0.25) is 4.79 Å². The van der Waals surface area contributed by atoms with Gasteiger partial charge in [-0.2, -0.15) is 0 Å². The number of rotatable bonds is 2. The first kappa shape index (κ1) is 16.8. The molecule has 27 heavy (non-hydrogen) atoms. The third-order valence-electron chi connectivity index (χ3n) is 4.31. The van der Waals surface area contributed by atoms with E-state index in [4.69, 9.17) is 9.47 Å². The number of carbonyl (C=O) groups is 3. The first-order valence-corrected chi connectivity index (χ1v) is 8.46. The van der Waals surface area contributed by atoms with Crippen molar-refractivity contribution in [2.45, 2.75) is 6.92 Å². The molecule has 6 heteroatoms. The van der Waals surface area contributed by atoms with Crippen molar-refractivity contribution in [1.82, 2.24) is 0 Å². The summed E-state index contributed by atoms with van der Waals surface area (Å²) in [6.45, 7) is 1.80. The highest BCUT2D eigenvalue weighted by Crippen LogP contribution is 2.41. The number of fused-ring (bicyclic) bond motifs is 1. The summed E-state index contributed by atoms with van der Waals surface area (Å²) < 4.78 is 10.3. The third kappa shape index (κ3) is 2.71. The zero-order valence-corrected chi connectivity index (χ0v) is 14.5. The minimum Gasteiger partial charge on any atom is -0.449 e. The number of hydrogen-bond acceptors (Lipinski definition) is 5. The Morgan fingerprint density at radius 3 is 2.48 bits per heavy atom. The fourth-order valence-corrected chi connectivity index (χ4v) is 3.14. The molecular weight excluding hydrogens is 346 g/mol. The average Bonchev–Trinajstić information content (AvgIpc) is 3.19. The van der Waals surface area contributed by atoms with Crippen LogP contribution in [0.25, 0.3) is 11.3 Å². The van der Waals surface area contributed by atoms with Crippen molar-refractivity contribution in [3.05, 3.63) is 77.4 Å². The van der Waals surface area contributed by atoms with Gasteiger partial charge in [-0.05, 0) is 19.1 Å². The number of anilines is 1. The van der Waals surface area contributed by atoms with Gasteiger partial charge in [-0.25, -0.2) is 14.5 Å². The highest BCUT2D eigenvalue weighted by molar-refractivity contribution is 6.42. The molecule has 2 aliphatic heterocycles. The normalized spacial score (nSPS) is 18.3. The van der Waals surface area contributed by atoms with Crippen LogP contribution in [0.5, 0.6) is 0 Å². The van der Waals surface area contributed by atoms with Crippen molar-refractivity contribution in [2.24, 2.45) is 0 Å². The molecule has 6 nitrogen and oxygen atoms in total. The van der Waals surface area contributed by atoms with Gasteiger partial charge >= 0.3 is 12.1 Å². The number of nitrogens with zero attached hydrogens (tertiary/aromatic N) is 1. The van der Waals surface area contributed by atoms with E-state index < -0.39 is 18.0 Å². The SMILES string of the molecule is CCOC(=O)N1C(=O)/C(=C2\C=C(c3ccccc3)OC2=O)c2ccccc21. The molecule has 2 amide bonds. The van der Waals surface area contributed by atoms with Crippen molar-refractivity contribution in [3.63, 3.8) is 0 Å². The number of para-hydroxylation sites is 1. The predicted octanol–water partition coefficient (Wildman–Crippen LogP) is 3.54. The second-order valence-electron chi connectivity index (χ2n) is 5.91. The number of cyclic esters (lactones) is 1. The molecule has 2 aromatic rings. The molecule has 0 aliphatic carbocycles. The summed E-state index contributed by atoms with van der Waals surface area (Å²) in [6.07, 6.45) is 0.764. The average molecular weight is 361 g/mol. The van der Waals surface area contributed by atoms with Crippen LogP contribution in [0.1, 0.15) is 18.1 Å². The molecule has 0 bridgehead atoms. The first-order chi connectivity index (χ1) is 13.1. The van der Waals surface area contributed by atoms with Gasteiger partial charge in [-0.15, -0.1) is 0 Å². The topological polar surface area (TPSA) is 72.9 Å². The van der Waals surface area contributed by atoms with E-state index in [1.165, 1.54) is 6.08 Å². The van der Waals surface area contributed by atoms with Crippen LogP contribution in [0.3, 0.4) is 0 Å². The molecule has 0 N–H and O–H groups in total. The van der Waals surface area contributed by atoms with Crippen LogP contribution < -0.4 is 4.90 Å². The van der Waals surface area contributed by atoms with Gasteiger partial charge in [0.15, 0.2) is 0 Å². The molecule has 4 rings (SSSR count). The van der Waals surface area contributed by atoms with Gasteiger partial charge in [0.1, 0.15) is 5.76 Å². The Morgan fingerprint density at radius 2 is 1.74 bits per heavy atom. The molecular formula is C21H15NO5. The van der Waals surface area contributed by atoms with E-state index in [2.05, 4.69) is 0 Å². The van der Waals surface area contributed by atoms with Gasteiger partial charge in [0.05, 0.1) is 23.4 Å². The molecule has 2 aliphatic rings. The maximum atomic E-state index is 13.0. The first-order valence-electron chi connectivity index (χ1n) is 8.46. The molecule has 0 radical (unpaired) electrons. The molecule has 0 aromatic heterocycles. The van der Waals surface area contributed by atoms with Crippen LogP contribution in [0, 0.1) is 0 Å². The summed E-state index contributed by atoms with van der Waals surface area (Å²) in [7, 11) is 0. The Kier molecular flexibility index (Phi) is 4.08. The summed E-state index contributed by atoms with van der Waals surface area (Å²) >= 11 is 0. The maximum Gasteiger partial charge on any atom is 0.421 e. The molecule has 0 unspecified atom stereocenters. The minimum atomic E-state index is -0.774. The molecule has 0 atom stereocenters. The summed E-state index contributed by atoms with van der Waals surface area (Å²) in [5.74, 6) is -0.868. The van der Waals surface area contributed by atoms with Crippen molar-refractivity contribution in [1.29, 1.82) is 0 Å². The maximum absolute atomic E-state index is 13.0. The molecule has 2 aromatic carbocycles. The number of ether oxygens (including phenoxy) is 2. The molecule has 0 spiro atoms. The molecule has 0 fully saturated rings. The lowest BCUT2D eigenvalue weighted by atomic mass is 10.0. The number of esters is 1. The van der Waals surface area contributed by atoms with Crippen molar-refractivity contribution < 1.29 is 23.9 Å². The number of carbonyl (C=O) groups excluding carboxylic acids is 3. The van der Waals surface area contributed by atoms with Crippen LogP contribution in [-0.2, 0) is 19.1 Å². The lowest BCUT2D eigenvalue weighted by molar-refractivity contribution is -0.131. The van der Waals surface area contributed by atoms with Crippen LogP contribution in [0.4, 0.5) is 10.5 Å². The van der Waals surface area contributed by atoms with E-state index >= 15 is 0 Å². The molecule has 0 saturated carbocycles. The van der Waals surface area contributed by atoms with Crippen LogP contribution in [0.2, 0.25) is 0 Å². The smallest absolute Gasteiger partial charge is 0.421 e. The summed E-state index contributed by atoms with van der Waals surface area (Å²) in [5.41, 5.74) is 1.86. The predicted molar refractivity (Wildman–Crippen MR) is 98.4 cm³/mol. The number of hydrogen-bond donors (Lipinski definition) is 0. The number of amides is 2. The summed E-state index contributed by atoms with van der Waals surface area (Å²) in [6, 6.07) is 15.9. The van der Waals surface area contributed by atoms with Gasteiger partial charge in [0.25, 0.3) is 5.91 Å². The van der Waals surface area contributed by atoms with Crippen LogP contribution >= 0.6 is 0 Å². The summed E-state index contributed by atoms with van der Waals surface area (Å²) in [4.78, 5) is 38.7. The number of benzene rings is 2. The van der Waals surface area contributed by atoms with Gasteiger partial charge < -0.3 is 9.47 Å². The van der Waals surface area contributed by atoms with Crippen LogP contribution in [0.15, 0.2) is 66.2 Å².